The molecule has 6 nitrogen and oxygen atoms in total. The number of ether oxygens (including phenoxy) is 1. The van der Waals surface area contributed by atoms with Crippen molar-refractivity contribution in [1.82, 2.24) is 14.7 Å². The van der Waals surface area contributed by atoms with Gasteiger partial charge in [-0.05, 0) is 41.0 Å². The van der Waals surface area contributed by atoms with Crippen molar-refractivity contribution in [2.24, 2.45) is 0 Å². The highest BCUT2D eigenvalue weighted by atomic mass is 16.6. The first-order valence-electron chi connectivity index (χ1n) is 7.02. The highest BCUT2D eigenvalue weighted by Crippen LogP contribution is 2.26. The molecule has 2 N–H and O–H groups in total. The van der Waals surface area contributed by atoms with Crippen LogP contribution < -0.4 is 5.73 Å². The van der Waals surface area contributed by atoms with E-state index in [0.717, 1.165) is 23.5 Å². The topological polar surface area (TPSA) is 73.4 Å². The van der Waals surface area contributed by atoms with E-state index in [9.17, 15) is 4.79 Å². The van der Waals surface area contributed by atoms with Crippen LogP contribution in [0.2, 0.25) is 0 Å². The van der Waals surface area contributed by atoms with Gasteiger partial charge in [0.15, 0.2) is 0 Å². The first-order valence-corrected chi connectivity index (χ1v) is 7.02. The minimum atomic E-state index is -0.478. The number of rotatable bonds is 1. The summed E-state index contributed by atoms with van der Waals surface area (Å²) >= 11 is 0. The number of nitrogen functional groups attached to an aromatic ring is 1. The predicted octanol–water partition coefficient (Wildman–Crippen LogP) is 2.34. The summed E-state index contributed by atoms with van der Waals surface area (Å²) in [4.78, 5) is 13.8. The number of hydrogen-bond donors (Lipinski definition) is 1. The van der Waals surface area contributed by atoms with Crippen molar-refractivity contribution >= 4 is 11.9 Å². The van der Waals surface area contributed by atoms with E-state index in [0.29, 0.717) is 13.1 Å². The Kier molecular flexibility index (Phi) is 3.67. The van der Waals surface area contributed by atoms with Gasteiger partial charge in [-0.3, -0.25) is 0 Å². The summed E-state index contributed by atoms with van der Waals surface area (Å²) in [5.41, 5.74) is 7.59. The van der Waals surface area contributed by atoms with Crippen LogP contribution in [0, 0.1) is 0 Å². The van der Waals surface area contributed by atoms with Gasteiger partial charge in [-0.2, -0.15) is 5.10 Å². The molecule has 0 aromatic carbocycles. The van der Waals surface area contributed by atoms with Crippen molar-refractivity contribution in [2.45, 2.75) is 59.2 Å². The maximum absolute atomic E-state index is 12.1. The fraction of sp³-hybridized carbons (Fsp3) is 0.714. The van der Waals surface area contributed by atoms with Crippen LogP contribution in [0.5, 0.6) is 0 Å². The molecule has 1 amide bonds. The van der Waals surface area contributed by atoms with Gasteiger partial charge in [-0.15, -0.1) is 0 Å². The molecule has 112 valence electrons. The Balaban J connectivity index is 2.15. The van der Waals surface area contributed by atoms with Crippen molar-refractivity contribution in [3.05, 3.63) is 11.3 Å². The first kappa shape index (κ1) is 14.7. The van der Waals surface area contributed by atoms with Gasteiger partial charge in [-0.1, -0.05) is 0 Å². The fourth-order valence-corrected chi connectivity index (χ4v) is 2.31. The van der Waals surface area contributed by atoms with Gasteiger partial charge in [0.1, 0.15) is 11.4 Å². The van der Waals surface area contributed by atoms with Crippen LogP contribution in [-0.2, 0) is 17.7 Å². The van der Waals surface area contributed by atoms with Crippen LogP contribution >= 0.6 is 0 Å². The van der Waals surface area contributed by atoms with E-state index in [1.54, 1.807) is 4.90 Å². The fourth-order valence-electron chi connectivity index (χ4n) is 2.31. The zero-order chi connectivity index (χ0) is 15.1. The Hall–Kier alpha value is -1.72. The van der Waals surface area contributed by atoms with Gasteiger partial charge in [0.25, 0.3) is 0 Å². The Labute approximate surface area is 119 Å². The summed E-state index contributed by atoms with van der Waals surface area (Å²) in [6.07, 6.45) is 0.438. The zero-order valence-electron chi connectivity index (χ0n) is 12.9. The van der Waals surface area contributed by atoms with Crippen LogP contribution in [-0.4, -0.2) is 32.9 Å². The largest absolute Gasteiger partial charge is 0.444 e. The molecule has 0 aliphatic carbocycles. The van der Waals surface area contributed by atoms with E-state index in [-0.39, 0.29) is 12.1 Å². The molecule has 0 saturated heterocycles. The molecule has 0 bridgehead atoms. The van der Waals surface area contributed by atoms with Crippen LogP contribution in [0.3, 0.4) is 0 Å². The third-order valence-electron chi connectivity index (χ3n) is 3.25. The molecule has 0 atom stereocenters. The minimum Gasteiger partial charge on any atom is -0.444 e. The van der Waals surface area contributed by atoms with Crippen LogP contribution in [0.15, 0.2) is 0 Å². The summed E-state index contributed by atoms with van der Waals surface area (Å²) in [5.74, 6) is 0.721. The number of carbonyl (C=O) groups excluding carboxylic acids is 1. The molecule has 0 radical (unpaired) electrons. The van der Waals surface area contributed by atoms with Crippen molar-refractivity contribution in [3.63, 3.8) is 0 Å². The monoisotopic (exact) mass is 280 g/mol. The molecule has 6 heteroatoms. The first-order chi connectivity index (χ1) is 9.19. The van der Waals surface area contributed by atoms with E-state index in [1.807, 2.05) is 39.3 Å². The number of fused-ring (bicyclic) bond motifs is 1. The Morgan fingerprint density at radius 2 is 2.05 bits per heavy atom. The van der Waals surface area contributed by atoms with Crippen molar-refractivity contribution in [1.29, 1.82) is 0 Å². The summed E-state index contributed by atoms with van der Waals surface area (Å²) in [6, 6.07) is 0.218. The van der Waals surface area contributed by atoms with Gasteiger partial charge in [0, 0.05) is 18.2 Å². The average Bonchev–Trinajstić information content (AvgIpc) is 2.64. The molecule has 1 aliphatic rings. The number of hydrogen-bond acceptors (Lipinski definition) is 4. The SMILES string of the molecule is CC(C)n1nc2c(c1N)CCN(C(=O)OC(C)(C)C)C2. The molecule has 1 aromatic rings. The van der Waals surface area contributed by atoms with Gasteiger partial charge in [-0.25, -0.2) is 9.48 Å². The molecule has 0 spiro atoms. The van der Waals surface area contributed by atoms with Crippen LogP contribution in [0.25, 0.3) is 0 Å². The molecule has 0 saturated carbocycles. The molecule has 2 rings (SSSR count). The molecular formula is C14H24N4O2. The maximum Gasteiger partial charge on any atom is 0.410 e. The average molecular weight is 280 g/mol. The lowest BCUT2D eigenvalue weighted by Crippen LogP contribution is -2.39. The Bertz CT molecular complexity index is 514. The predicted molar refractivity (Wildman–Crippen MR) is 77.4 cm³/mol. The second-order valence-electron chi connectivity index (χ2n) is 6.50. The molecule has 20 heavy (non-hydrogen) atoms. The van der Waals surface area contributed by atoms with E-state index >= 15 is 0 Å². The third kappa shape index (κ3) is 2.89. The van der Waals surface area contributed by atoms with Gasteiger partial charge in [0.2, 0.25) is 0 Å². The lowest BCUT2D eigenvalue weighted by atomic mass is 10.1. The lowest BCUT2D eigenvalue weighted by molar-refractivity contribution is 0.0221. The van der Waals surface area contributed by atoms with E-state index in [2.05, 4.69) is 5.10 Å². The highest BCUT2D eigenvalue weighted by Gasteiger charge is 2.29. The smallest absolute Gasteiger partial charge is 0.410 e. The van der Waals surface area contributed by atoms with E-state index in [1.165, 1.54) is 0 Å². The molecule has 2 heterocycles. The molecule has 0 fully saturated rings. The van der Waals surface area contributed by atoms with Crippen molar-refractivity contribution < 1.29 is 9.53 Å². The van der Waals surface area contributed by atoms with Crippen LogP contribution in [0.1, 0.15) is 51.9 Å². The maximum atomic E-state index is 12.1. The third-order valence-corrected chi connectivity index (χ3v) is 3.25. The quantitative estimate of drug-likeness (QED) is 0.857. The Morgan fingerprint density at radius 3 is 2.60 bits per heavy atom. The zero-order valence-corrected chi connectivity index (χ0v) is 12.9. The Morgan fingerprint density at radius 1 is 1.40 bits per heavy atom. The van der Waals surface area contributed by atoms with E-state index in [4.69, 9.17) is 10.5 Å². The lowest BCUT2D eigenvalue weighted by Gasteiger charge is -2.29. The van der Waals surface area contributed by atoms with E-state index < -0.39 is 5.60 Å². The molecule has 1 aliphatic heterocycles. The normalized spacial score (nSPS) is 15.4. The summed E-state index contributed by atoms with van der Waals surface area (Å²) in [7, 11) is 0. The second kappa shape index (κ2) is 5.00. The summed E-state index contributed by atoms with van der Waals surface area (Å²) in [6.45, 7) is 10.8. The van der Waals surface area contributed by atoms with Gasteiger partial charge >= 0.3 is 6.09 Å². The van der Waals surface area contributed by atoms with Crippen LogP contribution in [0.4, 0.5) is 10.6 Å². The molecule has 1 aromatic heterocycles. The number of carbonyl (C=O) groups is 1. The highest BCUT2D eigenvalue weighted by molar-refractivity contribution is 5.69. The molecule has 0 unspecified atom stereocenters. The molecular weight excluding hydrogens is 256 g/mol. The number of anilines is 1. The number of nitrogens with zero attached hydrogens (tertiary/aromatic N) is 3. The summed E-state index contributed by atoms with van der Waals surface area (Å²) in [5, 5.41) is 4.52. The second-order valence-corrected chi connectivity index (χ2v) is 6.50. The van der Waals surface area contributed by atoms with Gasteiger partial charge < -0.3 is 15.4 Å². The van der Waals surface area contributed by atoms with Crippen molar-refractivity contribution in [2.75, 3.05) is 12.3 Å². The summed E-state index contributed by atoms with van der Waals surface area (Å²) < 4.78 is 7.22. The number of aromatic nitrogens is 2. The van der Waals surface area contributed by atoms with Gasteiger partial charge in [0.05, 0.1) is 12.2 Å². The number of amides is 1. The standard InChI is InChI=1S/C14H24N4O2/c1-9(2)18-12(15)10-6-7-17(8-11(10)16-18)13(19)20-14(3,4)5/h9H,6-8,15H2,1-5H3. The van der Waals surface area contributed by atoms with Crippen molar-refractivity contribution in [3.8, 4) is 0 Å². The minimum absolute atomic E-state index is 0.218. The number of nitrogens with two attached hydrogens (primary N) is 1.